The lowest BCUT2D eigenvalue weighted by molar-refractivity contribution is -0.153. The molecule has 19 heavy (non-hydrogen) atoms. The Labute approximate surface area is 111 Å². The van der Waals surface area contributed by atoms with Crippen LogP contribution in [0.3, 0.4) is 0 Å². The number of ether oxygens (including phenoxy) is 1. The topological polar surface area (TPSA) is 39.2 Å². The van der Waals surface area contributed by atoms with Crippen LogP contribution in [0.4, 0.5) is 4.39 Å². The standard InChI is InChI=1S/C15H16FNO2/c1-15(2,3)19-13(18)9-10-7-11-5-4-6-17-14(11)12(16)8-10/h4-8H,9H2,1-3H3. The van der Waals surface area contributed by atoms with Crippen molar-refractivity contribution in [2.45, 2.75) is 32.8 Å². The molecule has 0 saturated carbocycles. The number of rotatable bonds is 2. The molecule has 2 rings (SSSR count). The van der Waals surface area contributed by atoms with Gasteiger partial charge >= 0.3 is 5.97 Å². The summed E-state index contributed by atoms with van der Waals surface area (Å²) < 4.78 is 19.0. The molecule has 100 valence electrons. The fraction of sp³-hybridized carbons (Fsp3) is 0.333. The van der Waals surface area contributed by atoms with Gasteiger partial charge in [0, 0.05) is 11.6 Å². The minimum Gasteiger partial charge on any atom is -0.460 e. The molecule has 3 nitrogen and oxygen atoms in total. The van der Waals surface area contributed by atoms with E-state index in [9.17, 15) is 9.18 Å². The van der Waals surface area contributed by atoms with Gasteiger partial charge in [-0.2, -0.15) is 0 Å². The summed E-state index contributed by atoms with van der Waals surface area (Å²) in [5, 5.41) is 0.682. The van der Waals surface area contributed by atoms with Crippen LogP contribution in [-0.4, -0.2) is 16.6 Å². The monoisotopic (exact) mass is 261 g/mol. The van der Waals surface area contributed by atoms with Crippen LogP contribution < -0.4 is 0 Å². The summed E-state index contributed by atoms with van der Waals surface area (Å²) in [4.78, 5) is 15.7. The number of halogens is 1. The molecule has 2 aromatic rings. The highest BCUT2D eigenvalue weighted by atomic mass is 19.1. The van der Waals surface area contributed by atoms with Gasteiger partial charge in [0.2, 0.25) is 0 Å². The van der Waals surface area contributed by atoms with Crippen molar-refractivity contribution in [3.05, 3.63) is 41.8 Å². The van der Waals surface area contributed by atoms with Crippen molar-refractivity contribution in [1.82, 2.24) is 4.98 Å². The number of esters is 1. The first kappa shape index (κ1) is 13.5. The summed E-state index contributed by atoms with van der Waals surface area (Å²) in [5.41, 5.74) is 0.372. The second-order valence-corrected chi connectivity index (χ2v) is 5.42. The van der Waals surface area contributed by atoms with Crippen molar-refractivity contribution in [3.63, 3.8) is 0 Å². The van der Waals surface area contributed by atoms with Gasteiger partial charge < -0.3 is 4.74 Å². The number of nitrogens with zero attached hydrogens (tertiary/aromatic N) is 1. The van der Waals surface area contributed by atoms with Crippen molar-refractivity contribution < 1.29 is 13.9 Å². The van der Waals surface area contributed by atoms with Gasteiger partial charge in [-0.25, -0.2) is 4.39 Å². The maximum Gasteiger partial charge on any atom is 0.310 e. The number of fused-ring (bicyclic) bond motifs is 1. The molecule has 0 atom stereocenters. The molecule has 0 aliphatic heterocycles. The number of aromatic nitrogens is 1. The highest BCUT2D eigenvalue weighted by Crippen LogP contribution is 2.19. The molecule has 1 heterocycles. The van der Waals surface area contributed by atoms with E-state index in [0.29, 0.717) is 16.5 Å². The second-order valence-electron chi connectivity index (χ2n) is 5.42. The zero-order valence-corrected chi connectivity index (χ0v) is 11.2. The Morgan fingerprint density at radius 2 is 2.11 bits per heavy atom. The lowest BCUT2D eigenvalue weighted by Gasteiger charge is -2.19. The van der Waals surface area contributed by atoms with E-state index in [0.717, 1.165) is 0 Å². The second kappa shape index (κ2) is 4.96. The van der Waals surface area contributed by atoms with Crippen LogP contribution in [0.15, 0.2) is 30.5 Å². The molecule has 0 unspecified atom stereocenters. The normalized spacial score (nSPS) is 11.6. The Morgan fingerprint density at radius 1 is 1.37 bits per heavy atom. The number of hydrogen-bond acceptors (Lipinski definition) is 3. The molecule has 0 aliphatic carbocycles. The Morgan fingerprint density at radius 3 is 2.79 bits per heavy atom. The van der Waals surface area contributed by atoms with E-state index in [-0.39, 0.29) is 12.4 Å². The van der Waals surface area contributed by atoms with E-state index in [1.807, 2.05) is 0 Å². The Kier molecular flexibility index (Phi) is 3.51. The van der Waals surface area contributed by atoms with Crippen LogP contribution in [0, 0.1) is 5.82 Å². The van der Waals surface area contributed by atoms with E-state index in [2.05, 4.69) is 4.98 Å². The Balaban J connectivity index is 2.24. The average molecular weight is 261 g/mol. The number of benzene rings is 1. The zero-order valence-electron chi connectivity index (χ0n) is 11.2. The molecule has 0 radical (unpaired) electrons. The van der Waals surface area contributed by atoms with Crippen LogP contribution in [-0.2, 0) is 16.0 Å². The molecule has 0 bridgehead atoms. The predicted molar refractivity (Wildman–Crippen MR) is 71.3 cm³/mol. The zero-order chi connectivity index (χ0) is 14.0. The average Bonchev–Trinajstić information content (AvgIpc) is 2.26. The van der Waals surface area contributed by atoms with Crippen LogP contribution >= 0.6 is 0 Å². The van der Waals surface area contributed by atoms with E-state index >= 15 is 0 Å². The third-order valence-electron chi connectivity index (χ3n) is 2.49. The summed E-state index contributed by atoms with van der Waals surface area (Å²) in [6.45, 7) is 5.40. The van der Waals surface area contributed by atoms with Crippen molar-refractivity contribution in [3.8, 4) is 0 Å². The van der Waals surface area contributed by atoms with Gasteiger partial charge in [-0.05, 0) is 44.5 Å². The fourth-order valence-electron chi connectivity index (χ4n) is 1.85. The van der Waals surface area contributed by atoms with Crippen LogP contribution in [0.2, 0.25) is 0 Å². The van der Waals surface area contributed by atoms with Crippen LogP contribution in [0.25, 0.3) is 10.9 Å². The fourth-order valence-corrected chi connectivity index (χ4v) is 1.85. The van der Waals surface area contributed by atoms with E-state index in [1.54, 1.807) is 45.2 Å². The van der Waals surface area contributed by atoms with Crippen LogP contribution in [0.1, 0.15) is 26.3 Å². The Hall–Kier alpha value is -1.97. The largest absolute Gasteiger partial charge is 0.460 e. The van der Waals surface area contributed by atoms with Gasteiger partial charge in [0.05, 0.1) is 6.42 Å². The van der Waals surface area contributed by atoms with Crippen molar-refractivity contribution in [1.29, 1.82) is 0 Å². The minimum absolute atomic E-state index is 0.0546. The summed E-state index contributed by atoms with van der Waals surface area (Å²) in [7, 11) is 0. The molecule has 0 aliphatic rings. The lowest BCUT2D eigenvalue weighted by atomic mass is 10.1. The van der Waals surface area contributed by atoms with Crippen molar-refractivity contribution >= 4 is 16.9 Å². The summed E-state index contributed by atoms with van der Waals surface area (Å²) >= 11 is 0. The van der Waals surface area contributed by atoms with Gasteiger partial charge in [0.15, 0.2) is 0 Å². The number of hydrogen-bond donors (Lipinski definition) is 0. The molecule has 0 spiro atoms. The third kappa shape index (κ3) is 3.50. The number of carbonyl (C=O) groups is 1. The molecular formula is C15H16FNO2. The molecule has 0 fully saturated rings. The summed E-state index contributed by atoms with van der Waals surface area (Å²) in [5.74, 6) is -0.785. The van der Waals surface area contributed by atoms with Crippen molar-refractivity contribution in [2.24, 2.45) is 0 Å². The van der Waals surface area contributed by atoms with Crippen LogP contribution in [0.5, 0.6) is 0 Å². The predicted octanol–water partition coefficient (Wildman–Crippen LogP) is 3.26. The number of pyridine rings is 1. The van der Waals surface area contributed by atoms with Gasteiger partial charge in [-0.15, -0.1) is 0 Å². The first-order valence-corrected chi connectivity index (χ1v) is 6.10. The van der Waals surface area contributed by atoms with Gasteiger partial charge in [0.1, 0.15) is 16.9 Å². The summed E-state index contributed by atoms with van der Waals surface area (Å²) in [6, 6.07) is 6.59. The first-order chi connectivity index (χ1) is 8.85. The molecule has 0 N–H and O–H groups in total. The molecule has 1 aromatic heterocycles. The van der Waals surface area contributed by atoms with E-state index in [1.165, 1.54) is 6.07 Å². The van der Waals surface area contributed by atoms with Gasteiger partial charge in [-0.1, -0.05) is 6.07 Å². The van der Waals surface area contributed by atoms with Crippen molar-refractivity contribution in [2.75, 3.05) is 0 Å². The Bertz CT molecular complexity index is 617. The third-order valence-corrected chi connectivity index (χ3v) is 2.49. The number of carbonyl (C=O) groups excluding carboxylic acids is 1. The van der Waals surface area contributed by atoms with Gasteiger partial charge in [-0.3, -0.25) is 9.78 Å². The highest BCUT2D eigenvalue weighted by molar-refractivity contribution is 5.81. The highest BCUT2D eigenvalue weighted by Gasteiger charge is 2.17. The summed E-state index contributed by atoms with van der Waals surface area (Å²) in [6.07, 6.45) is 1.60. The molecule has 0 amide bonds. The molecular weight excluding hydrogens is 245 g/mol. The maximum atomic E-state index is 13.8. The first-order valence-electron chi connectivity index (χ1n) is 6.10. The minimum atomic E-state index is -0.534. The lowest BCUT2D eigenvalue weighted by Crippen LogP contribution is -2.24. The smallest absolute Gasteiger partial charge is 0.310 e. The SMILES string of the molecule is CC(C)(C)OC(=O)Cc1cc(F)c2ncccc2c1. The van der Waals surface area contributed by atoms with Gasteiger partial charge in [0.25, 0.3) is 0 Å². The van der Waals surface area contributed by atoms with E-state index < -0.39 is 11.4 Å². The quantitative estimate of drug-likeness (QED) is 0.779. The molecule has 0 saturated heterocycles. The molecule has 1 aromatic carbocycles. The maximum absolute atomic E-state index is 13.8. The van der Waals surface area contributed by atoms with E-state index in [4.69, 9.17) is 4.74 Å². The molecule has 4 heteroatoms.